The quantitative estimate of drug-likeness (QED) is 0.624. The number of hydrogen-bond donors (Lipinski definition) is 0. The van der Waals surface area contributed by atoms with Crippen molar-refractivity contribution < 1.29 is 0 Å². The average Bonchev–Trinajstić information content (AvgIpc) is 2.58. The van der Waals surface area contributed by atoms with Crippen molar-refractivity contribution in [3.8, 4) is 0 Å². The Hall–Kier alpha value is -0.570. The summed E-state index contributed by atoms with van der Waals surface area (Å²) < 4.78 is 0. The van der Waals surface area contributed by atoms with Crippen LogP contribution in [0.15, 0.2) is 6.20 Å². The molecule has 1 heterocycles. The van der Waals surface area contributed by atoms with E-state index in [0.29, 0.717) is 5.92 Å². The molecule has 0 saturated heterocycles. The SMILES string of the molecule is Cn1ncc(C2CCCC2Cl)n1. The van der Waals surface area contributed by atoms with Crippen molar-refractivity contribution in [3.63, 3.8) is 0 Å². The second kappa shape index (κ2) is 3.05. The molecule has 1 saturated carbocycles. The third-order valence-electron chi connectivity index (χ3n) is 2.43. The predicted molar refractivity (Wildman–Crippen MR) is 47.2 cm³/mol. The van der Waals surface area contributed by atoms with E-state index in [-0.39, 0.29) is 5.38 Å². The normalized spacial score (nSPS) is 29.5. The summed E-state index contributed by atoms with van der Waals surface area (Å²) in [5, 5.41) is 8.57. The molecule has 1 aliphatic carbocycles. The van der Waals surface area contributed by atoms with Crippen LogP contribution in [0.5, 0.6) is 0 Å². The van der Waals surface area contributed by atoms with Gasteiger partial charge in [-0.25, -0.2) is 0 Å². The zero-order chi connectivity index (χ0) is 8.55. The molecule has 12 heavy (non-hydrogen) atoms. The zero-order valence-electron chi connectivity index (χ0n) is 7.07. The lowest BCUT2D eigenvalue weighted by atomic mass is 10.1. The van der Waals surface area contributed by atoms with E-state index >= 15 is 0 Å². The molecule has 2 unspecified atom stereocenters. The molecule has 1 aromatic rings. The molecule has 1 fully saturated rings. The fourth-order valence-corrected chi connectivity index (χ4v) is 2.19. The topological polar surface area (TPSA) is 30.7 Å². The molecule has 2 rings (SSSR count). The van der Waals surface area contributed by atoms with E-state index in [1.54, 1.807) is 4.80 Å². The third kappa shape index (κ3) is 1.33. The highest BCUT2D eigenvalue weighted by Gasteiger charge is 2.28. The van der Waals surface area contributed by atoms with Crippen molar-refractivity contribution in [3.05, 3.63) is 11.9 Å². The molecule has 0 radical (unpaired) electrons. The summed E-state index contributed by atoms with van der Waals surface area (Å²) in [7, 11) is 1.84. The van der Waals surface area contributed by atoms with E-state index in [9.17, 15) is 0 Å². The van der Waals surface area contributed by atoms with E-state index in [2.05, 4.69) is 10.2 Å². The van der Waals surface area contributed by atoms with Crippen LogP contribution in [-0.4, -0.2) is 20.4 Å². The van der Waals surface area contributed by atoms with Crippen molar-refractivity contribution in [2.75, 3.05) is 0 Å². The minimum atomic E-state index is 0.265. The summed E-state index contributed by atoms with van der Waals surface area (Å²) >= 11 is 6.14. The lowest BCUT2D eigenvalue weighted by molar-refractivity contribution is 0.620. The Morgan fingerprint density at radius 2 is 2.42 bits per heavy atom. The van der Waals surface area contributed by atoms with E-state index < -0.39 is 0 Å². The van der Waals surface area contributed by atoms with Gasteiger partial charge in [0.1, 0.15) is 0 Å². The molecule has 0 amide bonds. The second-order valence-corrected chi connectivity index (χ2v) is 3.87. The average molecular weight is 186 g/mol. The zero-order valence-corrected chi connectivity index (χ0v) is 7.83. The Morgan fingerprint density at radius 3 is 2.92 bits per heavy atom. The lowest BCUT2D eigenvalue weighted by Gasteiger charge is -2.08. The molecule has 1 aliphatic rings. The van der Waals surface area contributed by atoms with E-state index in [4.69, 9.17) is 11.6 Å². The third-order valence-corrected chi connectivity index (χ3v) is 2.95. The Balaban J connectivity index is 2.19. The highest BCUT2D eigenvalue weighted by atomic mass is 35.5. The van der Waals surface area contributed by atoms with Crippen LogP contribution in [0.25, 0.3) is 0 Å². The van der Waals surface area contributed by atoms with Crippen molar-refractivity contribution in [1.29, 1.82) is 0 Å². The van der Waals surface area contributed by atoms with Gasteiger partial charge in [0.05, 0.1) is 11.9 Å². The lowest BCUT2D eigenvalue weighted by Crippen LogP contribution is -2.06. The van der Waals surface area contributed by atoms with Crippen LogP contribution in [-0.2, 0) is 7.05 Å². The smallest absolute Gasteiger partial charge is 0.0872 e. The highest BCUT2D eigenvalue weighted by Crippen LogP contribution is 2.36. The van der Waals surface area contributed by atoms with Gasteiger partial charge in [-0.1, -0.05) is 6.42 Å². The summed E-state index contributed by atoms with van der Waals surface area (Å²) in [6, 6.07) is 0. The summed E-state index contributed by atoms with van der Waals surface area (Å²) in [5.74, 6) is 0.431. The molecular formula is C8H12ClN3. The van der Waals surface area contributed by atoms with Gasteiger partial charge < -0.3 is 0 Å². The molecule has 0 N–H and O–H groups in total. The van der Waals surface area contributed by atoms with Gasteiger partial charge in [0.15, 0.2) is 0 Å². The minimum absolute atomic E-state index is 0.265. The molecule has 0 spiro atoms. The van der Waals surface area contributed by atoms with Crippen LogP contribution in [0.2, 0.25) is 0 Å². The molecular weight excluding hydrogens is 174 g/mol. The largest absolute Gasteiger partial charge is 0.188 e. The number of halogens is 1. The summed E-state index contributed by atoms with van der Waals surface area (Å²) in [6.45, 7) is 0. The molecule has 4 heteroatoms. The Kier molecular flexibility index (Phi) is 2.05. The van der Waals surface area contributed by atoms with Gasteiger partial charge in [-0.3, -0.25) is 0 Å². The first-order valence-electron chi connectivity index (χ1n) is 4.27. The number of aryl methyl sites for hydroxylation is 1. The molecule has 1 aromatic heterocycles. The first-order valence-corrected chi connectivity index (χ1v) is 4.71. The van der Waals surface area contributed by atoms with Crippen LogP contribution >= 0.6 is 11.6 Å². The first-order chi connectivity index (χ1) is 5.77. The van der Waals surface area contributed by atoms with Gasteiger partial charge in [0, 0.05) is 18.3 Å². The maximum absolute atomic E-state index is 6.14. The van der Waals surface area contributed by atoms with Gasteiger partial charge in [-0.15, -0.1) is 11.6 Å². The Labute approximate surface area is 76.7 Å². The van der Waals surface area contributed by atoms with E-state index in [0.717, 1.165) is 18.5 Å². The van der Waals surface area contributed by atoms with Crippen LogP contribution in [0, 0.1) is 0 Å². The van der Waals surface area contributed by atoms with Crippen molar-refractivity contribution in [2.24, 2.45) is 7.05 Å². The summed E-state index contributed by atoms with van der Waals surface area (Å²) in [4.78, 5) is 1.59. The standard InChI is InChI=1S/C8H12ClN3/c1-12-10-5-8(11-12)6-3-2-4-7(6)9/h5-7H,2-4H2,1H3. The molecule has 3 nitrogen and oxygen atoms in total. The van der Waals surface area contributed by atoms with Crippen LogP contribution in [0.4, 0.5) is 0 Å². The van der Waals surface area contributed by atoms with Gasteiger partial charge in [-0.05, 0) is 12.8 Å². The van der Waals surface area contributed by atoms with Crippen molar-refractivity contribution in [2.45, 2.75) is 30.6 Å². The minimum Gasteiger partial charge on any atom is -0.188 e. The van der Waals surface area contributed by atoms with Gasteiger partial charge >= 0.3 is 0 Å². The number of nitrogens with zero attached hydrogens (tertiary/aromatic N) is 3. The Morgan fingerprint density at radius 1 is 1.58 bits per heavy atom. The number of alkyl halides is 1. The van der Waals surface area contributed by atoms with Crippen LogP contribution in [0.3, 0.4) is 0 Å². The Bertz CT molecular complexity index is 271. The van der Waals surface area contributed by atoms with Gasteiger partial charge in [0.2, 0.25) is 0 Å². The van der Waals surface area contributed by atoms with Crippen LogP contribution < -0.4 is 0 Å². The fourth-order valence-electron chi connectivity index (χ4n) is 1.78. The molecule has 2 atom stereocenters. The molecule has 0 bridgehead atoms. The molecule has 0 aliphatic heterocycles. The second-order valence-electron chi connectivity index (χ2n) is 3.31. The number of aromatic nitrogens is 3. The highest BCUT2D eigenvalue weighted by molar-refractivity contribution is 6.21. The van der Waals surface area contributed by atoms with E-state index in [1.165, 1.54) is 6.42 Å². The number of hydrogen-bond acceptors (Lipinski definition) is 2. The summed E-state index contributed by atoms with van der Waals surface area (Å²) in [6.07, 6.45) is 5.32. The maximum atomic E-state index is 6.14. The van der Waals surface area contributed by atoms with Crippen molar-refractivity contribution in [1.82, 2.24) is 15.0 Å². The molecule has 0 aromatic carbocycles. The monoisotopic (exact) mass is 185 g/mol. The van der Waals surface area contributed by atoms with Gasteiger partial charge in [-0.2, -0.15) is 15.0 Å². The predicted octanol–water partition coefficient (Wildman–Crippen LogP) is 1.69. The van der Waals surface area contributed by atoms with Crippen LogP contribution in [0.1, 0.15) is 30.9 Å². The van der Waals surface area contributed by atoms with Gasteiger partial charge in [0.25, 0.3) is 0 Å². The molecule has 66 valence electrons. The fraction of sp³-hybridized carbons (Fsp3) is 0.750. The van der Waals surface area contributed by atoms with E-state index in [1.807, 2.05) is 13.2 Å². The maximum Gasteiger partial charge on any atom is 0.0872 e. The summed E-state index contributed by atoms with van der Waals surface area (Å²) in [5.41, 5.74) is 1.05. The first kappa shape index (κ1) is 8.05. The number of rotatable bonds is 1. The van der Waals surface area contributed by atoms with Crippen molar-refractivity contribution >= 4 is 11.6 Å².